The van der Waals surface area contributed by atoms with Gasteiger partial charge in [0.15, 0.2) is 0 Å². The Bertz CT molecular complexity index is 903. The fourth-order valence-electron chi connectivity index (χ4n) is 2.48. The number of aromatic hydroxyl groups is 1. The summed E-state index contributed by atoms with van der Waals surface area (Å²) in [5.41, 5.74) is 0.555. The van der Waals surface area contributed by atoms with Gasteiger partial charge in [-0.05, 0) is 18.2 Å². The molecule has 0 bridgehead atoms. The summed E-state index contributed by atoms with van der Waals surface area (Å²) in [5.74, 6) is 0.777. The average molecular weight is 382 g/mol. The molecule has 0 atom stereocenters. The molecule has 132 valence electrons. The molecule has 3 aromatic carbocycles. The van der Waals surface area contributed by atoms with Gasteiger partial charge in [0, 0.05) is 16.2 Å². The first-order valence-electron chi connectivity index (χ1n) is 8.02. The zero-order valence-corrected chi connectivity index (χ0v) is 16.0. The third kappa shape index (κ3) is 3.96. The summed E-state index contributed by atoms with van der Waals surface area (Å²) >= 11 is 6.03. The molecule has 0 aliphatic carbocycles. The lowest BCUT2D eigenvalue weighted by Crippen LogP contribution is -2.24. The highest BCUT2D eigenvalue weighted by atomic mass is 32.4. The quantitative estimate of drug-likeness (QED) is 0.390. The smallest absolute Gasteiger partial charge is 0.124 e. The first-order valence-corrected chi connectivity index (χ1v) is 10.8. The molecule has 0 spiro atoms. The molecule has 0 heterocycles. The Morgan fingerprint density at radius 3 is 2.08 bits per heavy atom. The van der Waals surface area contributed by atoms with Gasteiger partial charge in [0.1, 0.15) is 17.7 Å². The van der Waals surface area contributed by atoms with Gasteiger partial charge in [0.25, 0.3) is 0 Å². The van der Waals surface area contributed by atoms with E-state index >= 15 is 0 Å². The predicted octanol–water partition coefficient (Wildman–Crippen LogP) is 3.37. The van der Waals surface area contributed by atoms with Gasteiger partial charge in [0.2, 0.25) is 0 Å². The number of phenols is 1. The SMILES string of the molecule is COc1ccc(O)c(/C=N/NP(=S)(c2ccccc2)c2ccccc2)c1. The lowest BCUT2D eigenvalue weighted by Gasteiger charge is -2.22. The second kappa shape index (κ2) is 8.17. The summed E-state index contributed by atoms with van der Waals surface area (Å²) in [4.78, 5) is 0. The Morgan fingerprint density at radius 2 is 1.54 bits per heavy atom. The van der Waals surface area contributed by atoms with Crippen LogP contribution in [0.15, 0.2) is 84.0 Å². The number of hydrogen-bond acceptors (Lipinski definition) is 4. The van der Waals surface area contributed by atoms with Crippen molar-refractivity contribution in [2.24, 2.45) is 5.10 Å². The molecule has 6 heteroatoms. The summed E-state index contributed by atoms with van der Waals surface area (Å²) in [6, 6.07) is 24.8. The second-order valence-corrected chi connectivity index (χ2v) is 9.66. The number of hydrogen-bond donors (Lipinski definition) is 2. The van der Waals surface area contributed by atoms with Crippen molar-refractivity contribution >= 4 is 34.8 Å². The number of nitrogens with one attached hydrogen (secondary N) is 1. The molecule has 0 amide bonds. The lowest BCUT2D eigenvalue weighted by atomic mass is 10.2. The molecule has 0 saturated heterocycles. The highest BCUT2D eigenvalue weighted by molar-refractivity contribution is 8.20. The third-order valence-corrected chi connectivity index (χ3v) is 7.83. The van der Waals surface area contributed by atoms with E-state index in [1.807, 2.05) is 60.7 Å². The first kappa shape index (κ1) is 18.2. The lowest BCUT2D eigenvalue weighted by molar-refractivity contribution is 0.412. The van der Waals surface area contributed by atoms with Crippen molar-refractivity contribution in [2.75, 3.05) is 7.11 Å². The van der Waals surface area contributed by atoms with Crippen LogP contribution in [0.1, 0.15) is 5.56 Å². The van der Waals surface area contributed by atoms with E-state index in [1.165, 1.54) is 0 Å². The minimum Gasteiger partial charge on any atom is -0.507 e. The molecular formula is C20H19N2O2PS. The Hall–Kier alpha value is -2.62. The zero-order valence-electron chi connectivity index (χ0n) is 14.2. The highest BCUT2D eigenvalue weighted by Crippen LogP contribution is 2.39. The van der Waals surface area contributed by atoms with Crippen molar-refractivity contribution in [2.45, 2.75) is 0 Å². The third-order valence-electron chi connectivity index (χ3n) is 3.88. The summed E-state index contributed by atoms with van der Waals surface area (Å²) in [6.07, 6.45) is -0.762. The predicted molar refractivity (Wildman–Crippen MR) is 112 cm³/mol. The van der Waals surface area contributed by atoms with Gasteiger partial charge in [-0.15, -0.1) is 0 Å². The van der Waals surface area contributed by atoms with Crippen LogP contribution in [-0.4, -0.2) is 18.4 Å². The molecule has 0 fully saturated rings. The van der Waals surface area contributed by atoms with Crippen LogP contribution in [0.2, 0.25) is 0 Å². The van der Waals surface area contributed by atoms with Crippen LogP contribution in [0, 0.1) is 0 Å². The number of rotatable bonds is 6. The van der Waals surface area contributed by atoms with Crippen LogP contribution in [0.25, 0.3) is 0 Å². The zero-order chi connectivity index (χ0) is 18.4. The topological polar surface area (TPSA) is 53.9 Å². The highest BCUT2D eigenvalue weighted by Gasteiger charge is 2.21. The first-order chi connectivity index (χ1) is 12.6. The molecule has 2 N–H and O–H groups in total. The van der Waals surface area contributed by atoms with Gasteiger partial charge >= 0.3 is 0 Å². The minimum atomic E-state index is -2.32. The van der Waals surface area contributed by atoms with Crippen LogP contribution in [0.3, 0.4) is 0 Å². The Kier molecular flexibility index (Phi) is 5.71. The van der Waals surface area contributed by atoms with E-state index in [0.29, 0.717) is 11.3 Å². The normalized spacial score (nSPS) is 11.4. The van der Waals surface area contributed by atoms with Crippen molar-refractivity contribution in [1.82, 2.24) is 5.20 Å². The standard InChI is InChI=1S/C20H19N2O2PS/c1-24-17-12-13-20(23)16(14-17)15-21-22-25(26,18-8-4-2-5-9-18)19-10-6-3-7-11-19/h2-15,23H,1H3,(H,22,26)/b21-15+. The largest absolute Gasteiger partial charge is 0.507 e. The Labute approximate surface area is 158 Å². The number of phenolic OH excluding ortho intramolecular Hbond substituents is 1. The van der Waals surface area contributed by atoms with Crippen LogP contribution in [0.5, 0.6) is 11.5 Å². The van der Waals surface area contributed by atoms with E-state index in [4.69, 9.17) is 16.5 Å². The molecule has 0 aliphatic heterocycles. The number of ether oxygens (including phenoxy) is 1. The van der Waals surface area contributed by atoms with Gasteiger partial charge in [-0.3, -0.25) is 5.20 Å². The van der Waals surface area contributed by atoms with Crippen LogP contribution in [0.4, 0.5) is 0 Å². The molecule has 26 heavy (non-hydrogen) atoms. The Balaban J connectivity index is 1.94. The molecule has 3 rings (SSSR count). The maximum atomic E-state index is 10.0. The molecule has 0 radical (unpaired) electrons. The van der Waals surface area contributed by atoms with Gasteiger partial charge in [-0.2, -0.15) is 5.10 Å². The van der Waals surface area contributed by atoms with Crippen molar-refractivity contribution in [1.29, 1.82) is 0 Å². The summed E-state index contributed by atoms with van der Waals surface area (Å²) in [7, 11) is 1.58. The van der Waals surface area contributed by atoms with Crippen LogP contribution < -0.4 is 20.5 Å². The van der Waals surface area contributed by atoms with E-state index in [1.54, 1.807) is 31.5 Å². The fourth-order valence-corrected chi connectivity index (χ4v) is 5.29. The molecular weight excluding hydrogens is 363 g/mol. The molecule has 0 unspecified atom stereocenters. The molecule has 3 aromatic rings. The minimum absolute atomic E-state index is 0.129. The molecule has 0 saturated carbocycles. The fraction of sp³-hybridized carbons (Fsp3) is 0.0500. The number of hydrazone groups is 1. The molecule has 4 nitrogen and oxygen atoms in total. The number of nitrogens with zero attached hydrogens (tertiary/aromatic N) is 1. The van der Waals surface area contributed by atoms with Gasteiger partial charge in [0.05, 0.1) is 13.3 Å². The van der Waals surface area contributed by atoms with Crippen LogP contribution >= 0.6 is 6.19 Å². The van der Waals surface area contributed by atoms with E-state index in [9.17, 15) is 5.11 Å². The maximum absolute atomic E-state index is 10.0. The summed E-state index contributed by atoms with van der Waals surface area (Å²) in [6.45, 7) is 0. The van der Waals surface area contributed by atoms with Crippen molar-refractivity contribution < 1.29 is 9.84 Å². The van der Waals surface area contributed by atoms with Crippen molar-refractivity contribution in [3.8, 4) is 11.5 Å². The van der Waals surface area contributed by atoms with Crippen molar-refractivity contribution in [3.05, 3.63) is 84.4 Å². The molecule has 0 aliphatic rings. The van der Waals surface area contributed by atoms with Crippen LogP contribution in [-0.2, 0) is 11.8 Å². The van der Waals surface area contributed by atoms with E-state index in [0.717, 1.165) is 10.6 Å². The van der Waals surface area contributed by atoms with Gasteiger partial charge < -0.3 is 9.84 Å². The second-order valence-electron chi connectivity index (χ2n) is 5.56. The summed E-state index contributed by atoms with van der Waals surface area (Å²) < 4.78 is 5.19. The average Bonchev–Trinajstić information content (AvgIpc) is 2.70. The van der Waals surface area contributed by atoms with E-state index in [2.05, 4.69) is 10.3 Å². The van der Waals surface area contributed by atoms with E-state index < -0.39 is 6.19 Å². The Morgan fingerprint density at radius 1 is 0.962 bits per heavy atom. The number of methoxy groups -OCH3 is 1. The van der Waals surface area contributed by atoms with Gasteiger partial charge in [-0.25, -0.2) is 0 Å². The molecule has 0 aromatic heterocycles. The van der Waals surface area contributed by atoms with Crippen molar-refractivity contribution in [3.63, 3.8) is 0 Å². The van der Waals surface area contributed by atoms with Gasteiger partial charge in [-0.1, -0.05) is 72.5 Å². The monoisotopic (exact) mass is 382 g/mol. The number of benzene rings is 3. The van der Waals surface area contributed by atoms with E-state index in [-0.39, 0.29) is 5.75 Å². The maximum Gasteiger partial charge on any atom is 0.124 e. The summed E-state index contributed by atoms with van der Waals surface area (Å²) in [5, 5.41) is 19.6.